The van der Waals surface area contributed by atoms with E-state index >= 15 is 0 Å². The molecule has 0 spiro atoms. The predicted octanol–water partition coefficient (Wildman–Crippen LogP) is 5.65. The van der Waals surface area contributed by atoms with E-state index in [1.165, 1.54) is 17.4 Å². The summed E-state index contributed by atoms with van der Waals surface area (Å²) < 4.78 is 10.9. The van der Waals surface area contributed by atoms with Crippen LogP contribution in [0.4, 0.5) is 5.13 Å². The number of amides is 1. The van der Waals surface area contributed by atoms with E-state index in [0.29, 0.717) is 5.13 Å². The maximum absolute atomic E-state index is 12.2. The highest BCUT2D eigenvalue weighted by Gasteiger charge is 2.07. The van der Waals surface area contributed by atoms with Gasteiger partial charge in [-0.2, -0.15) is 0 Å². The smallest absolute Gasteiger partial charge is 0.250 e. The Bertz CT molecular complexity index is 964. The zero-order valence-corrected chi connectivity index (χ0v) is 17.4. The summed E-state index contributed by atoms with van der Waals surface area (Å²) >= 11 is 1.38. The van der Waals surface area contributed by atoms with Gasteiger partial charge in [-0.1, -0.05) is 37.6 Å². The van der Waals surface area contributed by atoms with E-state index in [9.17, 15) is 4.79 Å². The van der Waals surface area contributed by atoms with Crippen LogP contribution < -0.4 is 14.8 Å². The van der Waals surface area contributed by atoms with Gasteiger partial charge in [-0.05, 0) is 42.3 Å². The molecule has 0 saturated heterocycles. The number of rotatable bonds is 9. The Balaban J connectivity index is 1.56. The second-order valence-electron chi connectivity index (χ2n) is 6.36. The lowest BCUT2D eigenvalue weighted by molar-refractivity contribution is -0.111. The summed E-state index contributed by atoms with van der Waals surface area (Å²) in [5.74, 6) is 1.39. The summed E-state index contributed by atoms with van der Waals surface area (Å²) in [5, 5.41) is 5.26. The van der Waals surface area contributed by atoms with Gasteiger partial charge in [0, 0.05) is 17.0 Å². The van der Waals surface area contributed by atoms with Crippen LogP contribution in [0.2, 0.25) is 0 Å². The highest BCUT2D eigenvalue weighted by atomic mass is 32.1. The lowest BCUT2D eigenvalue weighted by Crippen LogP contribution is -2.07. The third-order valence-electron chi connectivity index (χ3n) is 4.17. The number of hydrogen-bond donors (Lipinski definition) is 1. The number of benzene rings is 2. The molecule has 29 heavy (non-hydrogen) atoms. The van der Waals surface area contributed by atoms with Crippen LogP contribution in [0.5, 0.6) is 11.5 Å². The number of unbranched alkanes of at least 4 members (excludes halogenated alkanes) is 1. The third kappa shape index (κ3) is 6.19. The van der Waals surface area contributed by atoms with Gasteiger partial charge in [-0.25, -0.2) is 4.98 Å². The lowest BCUT2D eigenvalue weighted by Gasteiger charge is -2.05. The lowest BCUT2D eigenvalue weighted by atomic mass is 10.2. The Morgan fingerprint density at radius 3 is 2.76 bits per heavy atom. The van der Waals surface area contributed by atoms with Gasteiger partial charge in [0.2, 0.25) is 5.91 Å². The van der Waals surface area contributed by atoms with Crippen molar-refractivity contribution < 1.29 is 14.3 Å². The number of ether oxygens (including phenoxy) is 2. The molecule has 0 saturated carbocycles. The maximum Gasteiger partial charge on any atom is 0.250 e. The van der Waals surface area contributed by atoms with Gasteiger partial charge in [0.25, 0.3) is 0 Å². The maximum atomic E-state index is 12.2. The number of carbonyl (C=O) groups is 1. The number of hydrogen-bond acceptors (Lipinski definition) is 5. The number of nitrogens with one attached hydrogen (secondary N) is 1. The number of methoxy groups -OCH3 is 1. The fourth-order valence-electron chi connectivity index (χ4n) is 2.57. The van der Waals surface area contributed by atoms with Crippen LogP contribution in [0.25, 0.3) is 17.3 Å². The molecule has 2 aromatic carbocycles. The van der Waals surface area contributed by atoms with E-state index in [2.05, 4.69) is 17.2 Å². The first-order valence-electron chi connectivity index (χ1n) is 9.50. The van der Waals surface area contributed by atoms with Crippen LogP contribution >= 0.6 is 11.3 Å². The minimum atomic E-state index is -0.222. The molecule has 1 aromatic heterocycles. The van der Waals surface area contributed by atoms with Gasteiger partial charge in [0.1, 0.15) is 11.5 Å². The highest BCUT2D eigenvalue weighted by Crippen LogP contribution is 2.27. The number of thiazole rings is 1. The van der Waals surface area contributed by atoms with E-state index < -0.39 is 0 Å². The van der Waals surface area contributed by atoms with Crippen LogP contribution in [0.3, 0.4) is 0 Å². The van der Waals surface area contributed by atoms with Crippen molar-refractivity contribution >= 4 is 28.5 Å². The second kappa shape index (κ2) is 10.4. The van der Waals surface area contributed by atoms with E-state index in [1.54, 1.807) is 13.2 Å². The van der Waals surface area contributed by atoms with Crippen LogP contribution in [0.15, 0.2) is 60.0 Å². The molecule has 1 amide bonds. The van der Waals surface area contributed by atoms with Gasteiger partial charge in [0.15, 0.2) is 5.13 Å². The first kappa shape index (κ1) is 20.6. The van der Waals surface area contributed by atoms with E-state index in [4.69, 9.17) is 9.47 Å². The molecule has 3 aromatic rings. The largest absolute Gasteiger partial charge is 0.497 e. The third-order valence-corrected chi connectivity index (χ3v) is 4.93. The normalized spacial score (nSPS) is 10.8. The molecule has 0 aliphatic heterocycles. The van der Waals surface area contributed by atoms with Gasteiger partial charge in [-0.3, -0.25) is 10.1 Å². The second-order valence-corrected chi connectivity index (χ2v) is 7.22. The molecule has 1 heterocycles. The molecule has 0 bridgehead atoms. The van der Waals surface area contributed by atoms with E-state index in [-0.39, 0.29) is 5.91 Å². The fraction of sp³-hybridized carbons (Fsp3) is 0.217. The summed E-state index contributed by atoms with van der Waals surface area (Å²) in [6.07, 6.45) is 5.41. The van der Waals surface area contributed by atoms with Gasteiger partial charge in [0.05, 0.1) is 19.4 Å². The van der Waals surface area contributed by atoms with Crippen LogP contribution in [-0.2, 0) is 4.79 Å². The van der Waals surface area contributed by atoms with Crippen molar-refractivity contribution in [3.05, 3.63) is 65.6 Å². The molecule has 0 unspecified atom stereocenters. The average molecular weight is 409 g/mol. The van der Waals surface area contributed by atoms with Gasteiger partial charge in [-0.15, -0.1) is 11.3 Å². The minimum Gasteiger partial charge on any atom is -0.497 e. The first-order chi connectivity index (χ1) is 14.2. The van der Waals surface area contributed by atoms with Crippen molar-refractivity contribution in [3.63, 3.8) is 0 Å². The zero-order valence-electron chi connectivity index (χ0n) is 16.6. The highest BCUT2D eigenvalue weighted by molar-refractivity contribution is 7.14. The zero-order chi connectivity index (χ0) is 20.5. The summed E-state index contributed by atoms with van der Waals surface area (Å²) in [7, 11) is 1.63. The molecule has 0 atom stereocenters. The molecular formula is C23H24N2O3S. The van der Waals surface area contributed by atoms with Crippen molar-refractivity contribution in [2.24, 2.45) is 0 Å². The molecule has 5 nitrogen and oxygen atoms in total. The van der Waals surface area contributed by atoms with Crippen LogP contribution in [0.1, 0.15) is 25.3 Å². The topological polar surface area (TPSA) is 60.5 Å². The number of carbonyl (C=O) groups excluding carboxylic acids is 1. The van der Waals surface area contributed by atoms with Crippen molar-refractivity contribution in [2.45, 2.75) is 19.8 Å². The molecule has 1 N–H and O–H groups in total. The van der Waals surface area contributed by atoms with Gasteiger partial charge >= 0.3 is 0 Å². The van der Waals surface area contributed by atoms with Crippen molar-refractivity contribution in [1.82, 2.24) is 4.98 Å². The predicted molar refractivity (Wildman–Crippen MR) is 119 cm³/mol. The summed E-state index contributed by atoms with van der Waals surface area (Å²) in [6.45, 7) is 2.85. The van der Waals surface area contributed by atoms with Crippen molar-refractivity contribution in [1.29, 1.82) is 0 Å². The Morgan fingerprint density at radius 2 is 2.00 bits per heavy atom. The van der Waals surface area contributed by atoms with Crippen LogP contribution in [-0.4, -0.2) is 24.6 Å². The summed E-state index contributed by atoms with van der Waals surface area (Å²) in [6, 6.07) is 15.3. The first-order valence-corrected chi connectivity index (χ1v) is 10.4. The van der Waals surface area contributed by atoms with Crippen LogP contribution in [0, 0.1) is 0 Å². The standard InChI is InChI=1S/C23H24N2O3S/c1-3-4-14-28-19-11-8-17(9-12-19)10-13-22(26)25-23-24-21(16-29-23)18-6-5-7-20(15-18)27-2/h5-13,15-16H,3-4,14H2,1-2H3,(H,24,25,26)/b13-10+. The quantitative estimate of drug-likeness (QED) is 0.367. The Morgan fingerprint density at radius 1 is 1.17 bits per heavy atom. The Labute approximate surface area is 175 Å². The summed E-state index contributed by atoms with van der Waals surface area (Å²) in [5.41, 5.74) is 2.67. The van der Waals surface area contributed by atoms with Crippen molar-refractivity contribution in [3.8, 4) is 22.8 Å². The molecule has 0 fully saturated rings. The molecule has 150 valence electrons. The number of anilines is 1. The molecule has 6 heteroatoms. The number of aromatic nitrogens is 1. The molecule has 0 aliphatic carbocycles. The average Bonchev–Trinajstić information content (AvgIpc) is 3.22. The van der Waals surface area contributed by atoms with Gasteiger partial charge < -0.3 is 9.47 Å². The minimum absolute atomic E-state index is 0.222. The fourth-order valence-corrected chi connectivity index (χ4v) is 3.30. The Kier molecular flexibility index (Phi) is 7.41. The number of nitrogens with zero attached hydrogens (tertiary/aromatic N) is 1. The molecule has 0 radical (unpaired) electrons. The molecular weight excluding hydrogens is 384 g/mol. The summed E-state index contributed by atoms with van der Waals surface area (Å²) in [4.78, 5) is 16.7. The SMILES string of the molecule is CCCCOc1ccc(/C=C/C(=O)Nc2nc(-c3cccc(OC)c3)cs2)cc1. The van der Waals surface area contributed by atoms with E-state index in [1.807, 2.05) is 53.9 Å². The monoisotopic (exact) mass is 408 g/mol. The van der Waals surface area contributed by atoms with Crippen molar-refractivity contribution in [2.75, 3.05) is 19.0 Å². The van der Waals surface area contributed by atoms with E-state index in [0.717, 1.165) is 47.8 Å². The molecule has 3 rings (SSSR count). The Hall–Kier alpha value is -3.12. The molecule has 0 aliphatic rings.